The maximum Gasteiger partial charge on any atom is 0.179 e. The van der Waals surface area contributed by atoms with Gasteiger partial charge in [-0.2, -0.15) is 0 Å². The SMILES string of the molecule is CCN(CC(C)C)C(C)C(=O)c1ccccc1. The molecule has 1 rings (SSSR count). The topological polar surface area (TPSA) is 20.3 Å². The number of ketones is 1. The molecule has 1 atom stereocenters. The van der Waals surface area contributed by atoms with Gasteiger partial charge in [-0.1, -0.05) is 51.1 Å². The molecule has 0 spiro atoms. The maximum absolute atomic E-state index is 12.3. The first-order valence-electron chi connectivity index (χ1n) is 6.39. The van der Waals surface area contributed by atoms with Gasteiger partial charge in [0.05, 0.1) is 6.04 Å². The Kier molecular flexibility index (Phi) is 5.36. The summed E-state index contributed by atoms with van der Waals surface area (Å²) in [6.07, 6.45) is 0. The zero-order valence-electron chi connectivity index (χ0n) is 11.3. The molecule has 0 N–H and O–H groups in total. The number of nitrogens with zero attached hydrogens (tertiary/aromatic N) is 1. The third kappa shape index (κ3) is 3.97. The van der Waals surface area contributed by atoms with Crippen molar-refractivity contribution in [2.24, 2.45) is 5.92 Å². The molecule has 94 valence electrons. The molecule has 0 aliphatic rings. The van der Waals surface area contributed by atoms with Crippen molar-refractivity contribution >= 4 is 5.78 Å². The van der Waals surface area contributed by atoms with Crippen LogP contribution >= 0.6 is 0 Å². The normalized spacial score (nSPS) is 13.1. The molecular formula is C15H23NO. The van der Waals surface area contributed by atoms with Gasteiger partial charge in [-0.05, 0) is 19.4 Å². The molecular weight excluding hydrogens is 210 g/mol. The van der Waals surface area contributed by atoms with E-state index in [1.807, 2.05) is 37.3 Å². The average molecular weight is 233 g/mol. The van der Waals surface area contributed by atoms with Gasteiger partial charge in [-0.15, -0.1) is 0 Å². The summed E-state index contributed by atoms with van der Waals surface area (Å²) in [5.41, 5.74) is 0.808. The van der Waals surface area contributed by atoms with Crippen LogP contribution in [0.3, 0.4) is 0 Å². The Balaban J connectivity index is 2.74. The average Bonchev–Trinajstić information content (AvgIpc) is 2.35. The van der Waals surface area contributed by atoms with E-state index in [9.17, 15) is 4.79 Å². The summed E-state index contributed by atoms with van der Waals surface area (Å²) in [6.45, 7) is 10.4. The molecule has 0 fully saturated rings. The van der Waals surface area contributed by atoms with Crippen LogP contribution < -0.4 is 0 Å². The second-order valence-corrected chi connectivity index (χ2v) is 4.89. The van der Waals surface area contributed by atoms with E-state index in [-0.39, 0.29) is 11.8 Å². The summed E-state index contributed by atoms with van der Waals surface area (Å²) in [5, 5.41) is 0. The minimum absolute atomic E-state index is 0.0372. The summed E-state index contributed by atoms with van der Waals surface area (Å²) in [4.78, 5) is 14.5. The van der Waals surface area contributed by atoms with Crippen LogP contribution in [0.15, 0.2) is 30.3 Å². The summed E-state index contributed by atoms with van der Waals surface area (Å²) >= 11 is 0. The Morgan fingerprint density at radius 1 is 1.18 bits per heavy atom. The molecule has 1 aromatic carbocycles. The van der Waals surface area contributed by atoms with Crippen LogP contribution in [0.5, 0.6) is 0 Å². The fourth-order valence-electron chi connectivity index (χ4n) is 2.04. The van der Waals surface area contributed by atoms with Gasteiger partial charge in [0, 0.05) is 12.1 Å². The molecule has 0 aliphatic carbocycles. The largest absolute Gasteiger partial charge is 0.294 e. The van der Waals surface area contributed by atoms with Gasteiger partial charge < -0.3 is 0 Å². The quantitative estimate of drug-likeness (QED) is 0.703. The highest BCUT2D eigenvalue weighted by Crippen LogP contribution is 2.10. The van der Waals surface area contributed by atoms with E-state index < -0.39 is 0 Å². The molecule has 1 aromatic rings. The number of hydrogen-bond donors (Lipinski definition) is 0. The van der Waals surface area contributed by atoms with Crippen LogP contribution in [0.4, 0.5) is 0 Å². The Morgan fingerprint density at radius 3 is 2.24 bits per heavy atom. The number of rotatable bonds is 6. The summed E-state index contributed by atoms with van der Waals surface area (Å²) < 4.78 is 0. The zero-order valence-corrected chi connectivity index (χ0v) is 11.3. The predicted molar refractivity (Wildman–Crippen MR) is 72.3 cm³/mol. The van der Waals surface area contributed by atoms with Gasteiger partial charge in [0.2, 0.25) is 0 Å². The minimum Gasteiger partial charge on any atom is -0.294 e. The van der Waals surface area contributed by atoms with Crippen LogP contribution in [-0.2, 0) is 0 Å². The van der Waals surface area contributed by atoms with Crippen LogP contribution in [0.25, 0.3) is 0 Å². The Labute approximate surface area is 105 Å². The van der Waals surface area contributed by atoms with Crippen LogP contribution in [0.1, 0.15) is 38.1 Å². The lowest BCUT2D eigenvalue weighted by Crippen LogP contribution is -2.41. The van der Waals surface area contributed by atoms with Crippen molar-refractivity contribution in [3.8, 4) is 0 Å². The molecule has 0 radical (unpaired) electrons. The highest BCUT2D eigenvalue weighted by atomic mass is 16.1. The van der Waals surface area contributed by atoms with Crippen molar-refractivity contribution in [2.75, 3.05) is 13.1 Å². The second-order valence-electron chi connectivity index (χ2n) is 4.89. The monoisotopic (exact) mass is 233 g/mol. The van der Waals surface area contributed by atoms with Crippen molar-refractivity contribution in [1.29, 1.82) is 0 Å². The van der Waals surface area contributed by atoms with Gasteiger partial charge in [-0.3, -0.25) is 9.69 Å². The zero-order chi connectivity index (χ0) is 12.8. The van der Waals surface area contributed by atoms with E-state index in [1.54, 1.807) is 0 Å². The van der Waals surface area contributed by atoms with Crippen molar-refractivity contribution in [3.05, 3.63) is 35.9 Å². The van der Waals surface area contributed by atoms with E-state index in [1.165, 1.54) is 0 Å². The molecule has 0 saturated heterocycles. The molecule has 0 heterocycles. The van der Waals surface area contributed by atoms with Gasteiger partial charge in [0.25, 0.3) is 0 Å². The van der Waals surface area contributed by atoms with E-state index >= 15 is 0 Å². The van der Waals surface area contributed by atoms with E-state index in [4.69, 9.17) is 0 Å². The third-order valence-corrected chi connectivity index (χ3v) is 2.99. The lowest BCUT2D eigenvalue weighted by molar-refractivity contribution is 0.0829. The summed E-state index contributed by atoms with van der Waals surface area (Å²) in [7, 11) is 0. The predicted octanol–water partition coefficient (Wildman–Crippen LogP) is 3.24. The maximum atomic E-state index is 12.3. The lowest BCUT2D eigenvalue weighted by Gasteiger charge is -2.28. The Morgan fingerprint density at radius 2 is 1.76 bits per heavy atom. The van der Waals surface area contributed by atoms with E-state index in [0.29, 0.717) is 5.92 Å². The summed E-state index contributed by atoms with van der Waals surface area (Å²) in [5.74, 6) is 0.800. The van der Waals surface area contributed by atoms with Gasteiger partial charge >= 0.3 is 0 Å². The van der Waals surface area contributed by atoms with Crippen molar-refractivity contribution < 1.29 is 4.79 Å². The van der Waals surface area contributed by atoms with Gasteiger partial charge in [0.15, 0.2) is 5.78 Å². The molecule has 2 nitrogen and oxygen atoms in total. The van der Waals surface area contributed by atoms with E-state index in [0.717, 1.165) is 18.7 Å². The number of likely N-dealkylation sites (N-methyl/N-ethyl adjacent to an activating group) is 1. The standard InChI is InChI=1S/C15H23NO/c1-5-16(11-12(2)3)13(4)15(17)14-9-7-6-8-10-14/h6-10,12-13H,5,11H2,1-4H3. The number of carbonyl (C=O) groups excluding carboxylic acids is 1. The summed E-state index contributed by atoms with van der Waals surface area (Å²) in [6, 6.07) is 9.51. The fourth-order valence-corrected chi connectivity index (χ4v) is 2.04. The molecule has 1 unspecified atom stereocenters. The van der Waals surface area contributed by atoms with Crippen molar-refractivity contribution in [1.82, 2.24) is 4.90 Å². The molecule has 0 saturated carbocycles. The molecule has 0 amide bonds. The first-order chi connectivity index (χ1) is 8.06. The minimum atomic E-state index is -0.0372. The van der Waals surface area contributed by atoms with Crippen molar-refractivity contribution in [3.63, 3.8) is 0 Å². The van der Waals surface area contributed by atoms with E-state index in [2.05, 4.69) is 25.7 Å². The highest BCUT2D eigenvalue weighted by molar-refractivity contribution is 5.99. The smallest absolute Gasteiger partial charge is 0.179 e. The molecule has 0 aromatic heterocycles. The molecule has 2 heteroatoms. The van der Waals surface area contributed by atoms with Crippen LogP contribution in [-0.4, -0.2) is 29.8 Å². The Bertz CT molecular complexity index is 345. The third-order valence-electron chi connectivity index (χ3n) is 2.99. The number of benzene rings is 1. The second kappa shape index (κ2) is 6.55. The lowest BCUT2D eigenvalue weighted by atomic mass is 10.0. The Hall–Kier alpha value is -1.15. The highest BCUT2D eigenvalue weighted by Gasteiger charge is 2.21. The van der Waals surface area contributed by atoms with Crippen molar-refractivity contribution in [2.45, 2.75) is 33.7 Å². The molecule has 0 aliphatic heterocycles. The number of Topliss-reactive ketones (excluding diaryl/α,β-unsaturated/α-hetero) is 1. The van der Waals surface area contributed by atoms with Gasteiger partial charge in [-0.25, -0.2) is 0 Å². The van der Waals surface area contributed by atoms with Crippen LogP contribution in [0.2, 0.25) is 0 Å². The molecule has 17 heavy (non-hydrogen) atoms. The fraction of sp³-hybridized carbons (Fsp3) is 0.533. The number of hydrogen-bond acceptors (Lipinski definition) is 2. The van der Waals surface area contributed by atoms with Crippen LogP contribution in [0, 0.1) is 5.92 Å². The molecule has 0 bridgehead atoms. The number of carbonyl (C=O) groups is 1. The van der Waals surface area contributed by atoms with Gasteiger partial charge in [0.1, 0.15) is 0 Å². The first kappa shape index (κ1) is 13.9. The first-order valence-corrected chi connectivity index (χ1v) is 6.39.